The first-order valence-corrected chi connectivity index (χ1v) is 5.73. The summed E-state index contributed by atoms with van der Waals surface area (Å²) in [5.74, 6) is 1.43. The number of aromatic nitrogens is 1. The van der Waals surface area contributed by atoms with E-state index in [1.165, 1.54) is 0 Å². The highest BCUT2D eigenvalue weighted by molar-refractivity contribution is 5.39. The SMILES string of the molecule is COc1ccccc1OCc1ccc(CN)cn1. The third-order valence-electron chi connectivity index (χ3n) is 2.57. The fraction of sp³-hybridized carbons (Fsp3) is 0.214. The van der Waals surface area contributed by atoms with E-state index >= 15 is 0 Å². The van der Waals surface area contributed by atoms with Crippen LogP contribution in [0, 0.1) is 0 Å². The fourth-order valence-electron chi connectivity index (χ4n) is 1.55. The Labute approximate surface area is 106 Å². The van der Waals surface area contributed by atoms with Gasteiger partial charge in [-0.05, 0) is 23.8 Å². The first kappa shape index (κ1) is 12.4. The van der Waals surface area contributed by atoms with Crippen molar-refractivity contribution in [2.75, 3.05) is 7.11 Å². The van der Waals surface area contributed by atoms with Gasteiger partial charge in [0, 0.05) is 12.7 Å². The number of methoxy groups -OCH3 is 1. The van der Waals surface area contributed by atoms with Crippen molar-refractivity contribution in [3.05, 3.63) is 53.9 Å². The molecule has 0 atom stereocenters. The van der Waals surface area contributed by atoms with Crippen molar-refractivity contribution in [3.63, 3.8) is 0 Å². The second-order valence-electron chi connectivity index (χ2n) is 3.80. The van der Waals surface area contributed by atoms with Crippen LogP contribution in [-0.2, 0) is 13.2 Å². The van der Waals surface area contributed by atoms with Gasteiger partial charge in [-0.15, -0.1) is 0 Å². The largest absolute Gasteiger partial charge is 0.493 e. The van der Waals surface area contributed by atoms with Crippen LogP contribution in [0.1, 0.15) is 11.3 Å². The van der Waals surface area contributed by atoms with Gasteiger partial charge < -0.3 is 15.2 Å². The van der Waals surface area contributed by atoms with Crippen molar-refractivity contribution in [1.82, 2.24) is 4.98 Å². The Bertz CT molecular complexity index is 497. The normalized spacial score (nSPS) is 10.1. The molecular formula is C14H16N2O2. The minimum absolute atomic E-state index is 0.408. The molecule has 0 bridgehead atoms. The third kappa shape index (κ3) is 2.99. The first-order chi connectivity index (χ1) is 8.83. The Kier molecular flexibility index (Phi) is 4.15. The Balaban J connectivity index is 2.02. The maximum Gasteiger partial charge on any atom is 0.161 e. The van der Waals surface area contributed by atoms with Crippen molar-refractivity contribution in [2.24, 2.45) is 5.73 Å². The average Bonchev–Trinajstić information content (AvgIpc) is 2.46. The highest BCUT2D eigenvalue weighted by atomic mass is 16.5. The summed E-state index contributed by atoms with van der Waals surface area (Å²) in [7, 11) is 1.62. The molecule has 2 N–H and O–H groups in total. The average molecular weight is 244 g/mol. The molecule has 4 nitrogen and oxygen atoms in total. The summed E-state index contributed by atoms with van der Waals surface area (Å²) < 4.78 is 10.9. The molecule has 0 spiro atoms. The van der Waals surface area contributed by atoms with Gasteiger partial charge in [0.05, 0.1) is 12.8 Å². The van der Waals surface area contributed by atoms with Crippen LogP contribution >= 0.6 is 0 Å². The van der Waals surface area contributed by atoms with Crippen molar-refractivity contribution in [2.45, 2.75) is 13.2 Å². The number of nitrogens with two attached hydrogens (primary N) is 1. The highest BCUT2D eigenvalue weighted by Crippen LogP contribution is 2.26. The zero-order valence-corrected chi connectivity index (χ0v) is 10.3. The number of hydrogen-bond donors (Lipinski definition) is 1. The zero-order chi connectivity index (χ0) is 12.8. The third-order valence-corrected chi connectivity index (χ3v) is 2.57. The van der Waals surface area contributed by atoms with Crippen LogP contribution in [0.5, 0.6) is 11.5 Å². The number of ether oxygens (including phenoxy) is 2. The van der Waals surface area contributed by atoms with Gasteiger partial charge >= 0.3 is 0 Å². The molecular weight excluding hydrogens is 228 g/mol. The summed E-state index contributed by atoms with van der Waals surface area (Å²) in [5, 5.41) is 0. The van der Waals surface area contributed by atoms with Crippen molar-refractivity contribution in [1.29, 1.82) is 0 Å². The molecule has 18 heavy (non-hydrogen) atoms. The van der Waals surface area contributed by atoms with Crippen molar-refractivity contribution >= 4 is 0 Å². The molecule has 0 aliphatic carbocycles. The van der Waals surface area contributed by atoms with Gasteiger partial charge in [-0.25, -0.2) is 0 Å². The number of hydrogen-bond acceptors (Lipinski definition) is 4. The lowest BCUT2D eigenvalue weighted by Gasteiger charge is -2.09. The molecule has 1 heterocycles. The summed E-state index contributed by atoms with van der Waals surface area (Å²) in [6.45, 7) is 0.909. The van der Waals surface area contributed by atoms with E-state index in [1.54, 1.807) is 13.3 Å². The van der Waals surface area contributed by atoms with Gasteiger partial charge in [-0.1, -0.05) is 18.2 Å². The lowest BCUT2D eigenvalue weighted by atomic mass is 10.2. The maximum absolute atomic E-state index is 5.67. The monoisotopic (exact) mass is 244 g/mol. The quantitative estimate of drug-likeness (QED) is 0.875. The van der Waals surface area contributed by atoms with Crippen LogP contribution in [0.25, 0.3) is 0 Å². The van der Waals surface area contributed by atoms with E-state index < -0.39 is 0 Å². The molecule has 0 saturated heterocycles. The zero-order valence-electron chi connectivity index (χ0n) is 10.3. The lowest BCUT2D eigenvalue weighted by Crippen LogP contribution is -2.02. The highest BCUT2D eigenvalue weighted by Gasteiger charge is 2.03. The van der Waals surface area contributed by atoms with Gasteiger partial charge in [0.15, 0.2) is 11.5 Å². The van der Waals surface area contributed by atoms with Crippen molar-refractivity contribution in [3.8, 4) is 11.5 Å². The molecule has 2 rings (SSSR count). The molecule has 94 valence electrons. The number of para-hydroxylation sites is 2. The Morgan fingerprint density at radius 3 is 2.50 bits per heavy atom. The van der Waals surface area contributed by atoms with E-state index in [1.807, 2.05) is 36.4 Å². The molecule has 0 aliphatic heterocycles. The summed E-state index contributed by atoms with van der Waals surface area (Å²) >= 11 is 0. The minimum atomic E-state index is 0.408. The molecule has 0 unspecified atom stereocenters. The molecule has 0 saturated carbocycles. The van der Waals surface area contributed by atoms with Gasteiger partial charge in [-0.2, -0.15) is 0 Å². The number of pyridine rings is 1. The molecule has 1 aromatic carbocycles. The molecule has 2 aromatic rings. The van der Waals surface area contributed by atoms with E-state index in [-0.39, 0.29) is 0 Å². The predicted molar refractivity (Wildman–Crippen MR) is 69.5 cm³/mol. The molecule has 1 aromatic heterocycles. The second-order valence-corrected chi connectivity index (χ2v) is 3.80. The molecule has 0 radical (unpaired) electrons. The summed E-state index contributed by atoms with van der Waals surface area (Å²) in [6.07, 6.45) is 1.76. The smallest absolute Gasteiger partial charge is 0.161 e. The van der Waals surface area contributed by atoms with Crippen LogP contribution in [0.3, 0.4) is 0 Å². The van der Waals surface area contributed by atoms with Crippen molar-refractivity contribution < 1.29 is 9.47 Å². The number of rotatable bonds is 5. The standard InChI is InChI=1S/C14H16N2O2/c1-17-13-4-2-3-5-14(13)18-10-12-7-6-11(8-15)9-16-12/h2-7,9H,8,10,15H2,1H3. The van der Waals surface area contributed by atoms with E-state index in [0.29, 0.717) is 18.9 Å². The molecule has 0 aliphatic rings. The van der Waals surface area contributed by atoms with E-state index in [9.17, 15) is 0 Å². The van der Waals surface area contributed by atoms with Crippen LogP contribution < -0.4 is 15.2 Å². The van der Waals surface area contributed by atoms with Crippen LogP contribution in [-0.4, -0.2) is 12.1 Å². The summed E-state index contributed by atoms with van der Waals surface area (Å²) in [6, 6.07) is 11.4. The second kappa shape index (κ2) is 6.02. The first-order valence-electron chi connectivity index (χ1n) is 5.73. The predicted octanol–water partition coefficient (Wildman–Crippen LogP) is 2.13. The molecule has 0 fully saturated rings. The summed E-state index contributed by atoms with van der Waals surface area (Å²) in [4.78, 5) is 4.27. The number of benzene rings is 1. The minimum Gasteiger partial charge on any atom is -0.493 e. The Morgan fingerprint density at radius 1 is 1.11 bits per heavy atom. The van der Waals surface area contributed by atoms with Gasteiger partial charge in [-0.3, -0.25) is 4.98 Å². The van der Waals surface area contributed by atoms with Crippen LogP contribution in [0.4, 0.5) is 0 Å². The van der Waals surface area contributed by atoms with E-state index in [0.717, 1.165) is 17.0 Å². The topological polar surface area (TPSA) is 57.4 Å². The van der Waals surface area contributed by atoms with Gasteiger partial charge in [0.2, 0.25) is 0 Å². The fourth-order valence-corrected chi connectivity index (χ4v) is 1.55. The van der Waals surface area contributed by atoms with Crippen LogP contribution in [0.15, 0.2) is 42.6 Å². The van der Waals surface area contributed by atoms with Gasteiger partial charge in [0.25, 0.3) is 0 Å². The molecule has 0 amide bonds. The number of nitrogens with zero attached hydrogens (tertiary/aromatic N) is 1. The maximum atomic E-state index is 5.67. The lowest BCUT2D eigenvalue weighted by molar-refractivity contribution is 0.280. The summed E-state index contributed by atoms with van der Waals surface area (Å²) in [5.41, 5.74) is 7.38. The Morgan fingerprint density at radius 2 is 1.89 bits per heavy atom. The Hall–Kier alpha value is -2.07. The molecule has 4 heteroatoms. The van der Waals surface area contributed by atoms with Gasteiger partial charge in [0.1, 0.15) is 6.61 Å². The van der Waals surface area contributed by atoms with Crippen LogP contribution in [0.2, 0.25) is 0 Å². The van der Waals surface area contributed by atoms with E-state index in [4.69, 9.17) is 15.2 Å². The van der Waals surface area contributed by atoms with E-state index in [2.05, 4.69) is 4.98 Å².